The molecule has 3 heterocycles. The Morgan fingerprint density at radius 1 is 0.451 bits per heavy atom. The molecule has 1 amide bonds. The van der Waals surface area contributed by atoms with Crippen molar-refractivity contribution < 1.29 is 89.4 Å². The predicted octanol–water partition coefficient (Wildman–Crippen LogP) is 5.53. The lowest BCUT2D eigenvalue weighted by Crippen LogP contribution is -2.66. The normalized spacial score (nSPS) is 30.4. The maximum Gasteiger partial charge on any atom is 0.220 e. The van der Waals surface area contributed by atoms with Crippen molar-refractivity contribution in [1.29, 1.82) is 0 Å². The van der Waals surface area contributed by atoms with Crippen molar-refractivity contribution in [3.8, 4) is 0 Å². The number of rotatable bonds is 42. The van der Waals surface area contributed by atoms with Crippen molar-refractivity contribution in [2.75, 3.05) is 26.4 Å². The molecule has 3 aliphatic heterocycles. The summed E-state index contributed by atoms with van der Waals surface area (Å²) in [5.41, 5.74) is 0. The molecule has 0 bridgehead atoms. The molecule has 3 rings (SSSR count). The Labute approximate surface area is 487 Å². The lowest BCUT2D eigenvalue weighted by molar-refractivity contribution is -0.379. The number of hydrogen-bond donors (Lipinski definition) is 12. The van der Waals surface area contributed by atoms with Gasteiger partial charge in [0.25, 0.3) is 0 Å². The molecule has 3 fully saturated rings. The number of allylic oxidation sites excluding steroid dienone is 18. The Bertz CT molecular complexity index is 1920. The van der Waals surface area contributed by atoms with Gasteiger partial charge in [-0.2, -0.15) is 0 Å². The quantitative estimate of drug-likeness (QED) is 0.0264. The third-order valence-corrected chi connectivity index (χ3v) is 14.4. The Morgan fingerprint density at radius 2 is 0.841 bits per heavy atom. The van der Waals surface area contributed by atoms with Crippen LogP contribution in [0.3, 0.4) is 0 Å². The molecule has 0 spiro atoms. The first kappa shape index (κ1) is 72.7. The number of nitrogens with one attached hydrogen (secondary N) is 1. The minimum atomic E-state index is -1.98. The second kappa shape index (κ2) is 44.9. The van der Waals surface area contributed by atoms with Crippen LogP contribution in [-0.2, 0) is 33.2 Å². The Morgan fingerprint density at radius 3 is 1.30 bits per heavy atom. The summed E-state index contributed by atoms with van der Waals surface area (Å²) >= 11 is 0. The molecule has 0 aromatic rings. The topological polar surface area (TPSA) is 307 Å². The van der Waals surface area contributed by atoms with Crippen LogP contribution in [0.2, 0.25) is 0 Å². The maximum atomic E-state index is 13.2. The number of hydrogen-bond acceptors (Lipinski definition) is 18. The molecular weight excluding hydrogens is 1060 g/mol. The Balaban J connectivity index is 1.33. The highest BCUT2D eigenvalue weighted by molar-refractivity contribution is 5.76. The largest absolute Gasteiger partial charge is 0.394 e. The molecule has 12 N–H and O–H groups in total. The first-order valence-corrected chi connectivity index (χ1v) is 30.1. The standard InChI is InChI=1S/C63H103NO18/c1-3-5-7-9-10-11-12-13-14-15-16-17-18-19-20-21-22-23-24-25-26-27-28-29-30-31-32-33-34-35-36-37-39-41-51(69)64-46(47(68)40-38-8-6-4-2)45-77-61-57(75)54(72)59(49(43-66)79-61)82-63-58(76)55(73)60(50(44-67)80-63)81-62-56(74)53(71)52(70)48(42-65)78-62/h5,7,10-11,13-14,16-17,19-20,22-23,25-26,28-29,31-32,46-50,52-63,65-68,70-76H,3-4,6,8-9,12,15,18,21,24,27,30,33-45H2,1-2H3,(H,64,69)/b7-5-,11-10-,14-13-,17-16-,20-19-,23-22-,26-25-,29-28-,32-31-. The van der Waals surface area contributed by atoms with E-state index in [4.69, 9.17) is 28.4 Å². The first-order valence-electron chi connectivity index (χ1n) is 30.1. The van der Waals surface area contributed by atoms with E-state index >= 15 is 0 Å². The molecule has 0 radical (unpaired) electrons. The van der Waals surface area contributed by atoms with Crippen LogP contribution < -0.4 is 5.32 Å². The van der Waals surface area contributed by atoms with Gasteiger partial charge in [-0.05, 0) is 83.5 Å². The van der Waals surface area contributed by atoms with Gasteiger partial charge in [0.1, 0.15) is 73.2 Å². The fraction of sp³-hybridized carbons (Fsp3) is 0.698. The number of carbonyl (C=O) groups excluding carboxylic acids is 1. The second-order valence-electron chi connectivity index (χ2n) is 21.1. The molecule has 19 nitrogen and oxygen atoms in total. The maximum absolute atomic E-state index is 13.2. The molecule has 0 aromatic heterocycles. The molecule has 3 aliphatic rings. The first-order chi connectivity index (χ1) is 39.8. The van der Waals surface area contributed by atoms with E-state index < -0.39 is 124 Å². The number of amides is 1. The molecule has 17 unspecified atom stereocenters. The Kier molecular flexibility index (Phi) is 39.8. The van der Waals surface area contributed by atoms with Gasteiger partial charge in [-0.15, -0.1) is 0 Å². The third-order valence-electron chi connectivity index (χ3n) is 14.4. The van der Waals surface area contributed by atoms with E-state index in [1.165, 1.54) is 0 Å². The molecule has 3 saturated heterocycles. The zero-order chi connectivity index (χ0) is 59.7. The van der Waals surface area contributed by atoms with E-state index in [-0.39, 0.29) is 18.9 Å². The number of ether oxygens (including phenoxy) is 6. The SMILES string of the molecule is CC/C=C\C/C=C\C/C=C\C/C=C\C/C=C\C/C=C\C/C=C\C/C=C\C/C=C\CCCCCCCC(=O)NC(COC1OC(CO)C(OC2OC(CO)C(OC3OC(CO)C(O)C(O)C3O)C(O)C2O)C(O)C1O)C(O)CCCCCC. The Hall–Kier alpha value is -3.55. The monoisotopic (exact) mass is 1160 g/mol. The fourth-order valence-corrected chi connectivity index (χ4v) is 9.42. The van der Waals surface area contributed by atoms with E-state index in [2.05, 4.69) is 129 Å². The summed E-state index contributed by atoms with van der Waals surface area (Å²) in [4.78, 5) is 13.2. The van der Waals surface area contributed by atoms with Crippen LogP contribution in [0, 0.1) is 0 Å². The number of carbonyl (C=O) groups is 1. The summed E-state index contributed by atoms with van der Waals surface area (Å²) in [5.74, 6) is -0.278. The zero-order valence-electron chi connectivity index (χ0n) is 48.7. The van der Waals surface area contributed by atoms with Gasteiger partial charge in [0.2, 0.25) is 5.91 Å². The van der Waals surface area contributed by atoms with Crippen molar-refractivity contribution in [2.45, 2.75) is 253 Å². The van der Waals surface area contributed by atoms with E-state index in [0.29, 0.717) is 19.3 Å². The van der Waals surface area contributed by atoms with Crippen LogP contribution in [0.15, 0.2) is 109 Å². The zero-order valence-corrected chi connectivity index (χ0v) is 48.7. The van der Waals surface area contributed by atoms with Gasteiger partial charge in [0.15, 0.2) is 18.9 Å². The summed E-state index contributed by atoms with van der Waals surface area (Å²) in [7, 11) is 0. The molecule has 468 valence electrons. The van der Waals surface area contributed by atoms with Crippen LogP contribution in [0.5, 0.6) is 0 Å². The van der Waals surface area contributed by atoms with Gasteiger partial charge >= 0.3 is 0 Å². The van der Waals surface area contributed by atoms with Gasteiger partial charge < -0.3 is 89.9 Å². The highest BCUT2D eigenvalue weighted by Crippen LogP contribution is 2.33. The minimum absolute atomic E-state index is 0.234. The van der Waals surface area contributed by atoms with E-state index in [9.17, 15) is 61.0 Å². The molecule has 0 saturated carbocycles. The highest BCUT2D eigenvalue weighted by Gasteiger charge is 2.53. The summed E-state index contributed by atoms with van der Waals surface area (Å²) < 4.78 is 34.0. The van der Waals surface area contributed by atoms with Crippen LogP contribution in [-0.4, -0.2) is 193 Å². The highest BCUT2D eigenvalue weighted by atomic mass is 16.8. The average Bonchev–Trinajstić information content (AvgIpc) is 3.49. The number of aliphatic hydroxyl groups excluding tert-OH is 11. The van der Waals surface area contributed by atoms with Crippen LogP contribution >= 0.6 is 0 Å². The molecule has 0 aliphatic carbocycles. The molecule has 0 aromatic carbocycles. The summed E-state index contributed by atoms with van der Waals surface area (Å²) in [5, 5.41) is 119. The van der Waals surface area contributed by atoms with Crippen molar-refractivity contribution in [3.05, 3.63) is 109 Å². The number of unbranched alkanes of at least 4 members (excludes halogenated alkanes) is 8. The van der Waals surface area contributed by atoms with Crippen molar-refractivity contribution >= 4 is 5.91 Å². The number of aliphatic hydroxyl groups is 11. The molecule has 17 atom stereocenters. The molecule has 82 heavy (non-hydrogen) atoms. The fourth-order valence-electron chi connectivity index (χ4n) is 9.42. The lowest BCUT2D eigenvalue weighted by Gasteiger charge is -2.48. The van der Waals surface area contributed by atoms with Gasteiger partial charge in [-0.25, -0.2) is 0 Å². The van der Waals surface area contributed by atoms with Gasteiger partial charge in [-0.3, -0.25) is 4.79 Å². The third kappa shape index (κ3) is 28.1. The van der Waals surface area contributed by atoms with Gasteiger partial charge in [0, 0.05) is 6.42 Å². The van der Waals surface area contributed by atoms with Crippen molar-refractivity contribution in [1.82, 2.24) is 5.32 Å². The van der Waals surface area contributed by atoms with E-state index in [1.807, 2.05) is 0 Å². The second-order valence-corrected chi connectivity index (χ2v) is 21.1. The van der Waals surface area contributed by atoms with Crippen molar-refractivity contribution in [2.24, 2.45) is 0 Å². The smallest absolute Gasteiger partial charge is 0.220 e. The van der Waals surface area contributed by atoms with Gasteiger partial charge in [0.05, 0.1) is 38.6 Å². The van der Waals surface area contributed by atoms with Crippen LogP contribution in [0.1, 0.15) is 149 Å². The minimum Gasteiger partial charge on any atom is -0.394 e. The summed E-state index contributed by atoms with van der Waals surface area (Å²) in [6.07, 6.45) is 31.4. The summed E-state index contributed by atoms with van der Waals surface area (Å²) in [6, 6.07) is -0.901. The molecule has 19 heteroatoms. The van der Waals surface area contributed by atoms with Gasteiger partial charge in [-0.1, -0.05) is 168 Å². The average molecular weight is 1160 g/mol. The lowest BCUT2D eigenvalue weighted by atomic mass is 9.96. The van der Waals surface area contributed by atoms with E-state index in [1.54, 1.807) is 0 Å². The van der Waals surface area contributed by atoms with Crippen LogP contribution in [0.25, 0.3) is 0 Å². The summed E-state index contributed by atoms with van der Waals surface area (Å²) in [6.45, 7) is 1.47. The van der Waals surface area contributed by atoms with Crippen LogP contribution in [0.4, 0.5) is 0 Å². The molecular formula is C63H103NO18. The van der Waals surface area contributed by atoms with Crippen molar-refractivity contribution in [3.63, 3.8) is 0 Å². The van der Waals surface area contributed by atoms with E-state index in [0.717, 1.165) is 109 Å². The predicted molar refractivity (Wildman–Crippen MR) is 313 cm³/mol.